The van der Waals surface area contributed by atoms with Crippen LogP contribution in [0.25, 0.3) is 0 Å². The fourth-order valence-corrected chi connectivity index (χ4v) is 2.28. The lowest BCUT2D eigenvalue weighted by Crippen LogP contribution is -2.14. The van der Waals surface area contributed by atoms with Crippen LogP contribution >= 0.6 is 11.6 Å². The van der Waals surface area contributed by atoms with Crippen LogP contribution in [0.1, 0.15) is 34.3 Å². The first kappa shape index (κ1) is 16.2. The highest BCUT2D eigenvalue weighted by Crippen LogP contribution is 2.16. The number of nitrogens with one attached hydrogen (secondary N) is 1. The molecule has 22 heavy (non-hydrogen) atoms. The molecule has 0 heterocycles. The van der Waals surface area contributed by atoms with Gasteiger partial charge in [0.25, 0.3) is 0 Å². The number of aryl methyl sites for hydroxylation is 2. The summed E-state index contributed by atoms with van der Waals surface area (Å²) >= 11 is 5.79. The smallest absolute Gasteiger partial charge is 0.224 e. The van der Waals surface area contributed by atoms with Gasteiger partial charge in [-0.15, -0.1) is 0 Å². The highest BCUT2D eigenvalue weighted by molar-refractivity contribution is 6.30. The largest absolute Gasteiger partial charge is 0.326 e. The highest BCUT2D eigenvalue weighted by atomic mass is 35.5. The zero-order chi connectivity index (χ0) is 16.1. The van der Waals surface area contributed by atoms with Gasteiger partial charge in [0, 0.05) is 29.1 Å². The molecule has 0 spiro atoms. The molecule has 0 saturated carbocycles. The van der Waals surface area contributed by atoms with Crippen molar-refractivity contribution in [3.05, 3.63) is 64.2 Å². The van der Waals surface area contributed by atoms with Gasteiger partial charge in [-0.25, -0.2) is 0 Å². The molecular weight excluding hydrogens is 298 g/mol. The predicted octanol–water partition coefficient (Wildman–Crippen LogP) is 4.56. The van der Waals surface area contributed by atoms with E-state index in [9.17, 15) is 9.59 Å². The van der Waals surface area contributed by atoms with Gasteiger partial charge in [0.05, 0.1) is 0 Å². The second-order valence-electron chi connectivity index (χ2n) is 5.30. The number of carbonyl (C=O) groups excluding carboxylic acids is 2. The van der Waals surface area contributed by atoms with E-state index in [0.29, 0.717) is 16.3 Å². The Kier molecular flexibility index (Phi) is 5.34. The molecule has 1 amide bonds. The van der Waals surface area contributed by atoms with Gasteiger partial charge < -0.3 is 5.32 Å². The van der Waals surface area contributed by atoms with Gasteiger partial charge >= 0.3 is 0 Å². The van der Waals surface area contributed by atoms with Crippen molar-refractivity contribution in [2.45, 2.75) is 26.7 Å². The van der Waals surface area contributed by atoms with Gasteiger partial charge in [-0.05, 0) is 49.7 Å². The van der Waals surface area contributed by atoms with Crippen molar-refractivity contribution >= 4 is 29.0 Å². The van der Waals surface area contributed by atoms with E-state index in [-0.39, 0.29) is 24.5 Å². The Labute approximate surface area is 135 Å². The lowest BCUT2D eigenvalue weighted by atomic mass is 9.99. The van der Waals surface area contributed by atoms with Gasteiger partial charge in [-0.3, -0.25) is 9.59 Å². The molecular formula is C18H18ClNO2. The summed E-state index contributed by atoms with van der Waals surface area (Å²) in [6.45, 7) is 3.85. The number of ketones is 1. The quantitative estimate of drug-likeness (QED) is 0.822. The van der Waals surface area contributed by atoms with E-state index in [4.69, 9.17) is 11.6 Å². The fourth-order valence-electron chi connectivity index (χ4n) is 2.15. The van der Waals surface area contributed by atoms with Crippen LogP contribution in [0.2, 0.25) is 5.02 Å². The topological polar surface area (TPSA) is 46.2 Å². The van der Waals surface area contributed by atoms with E-state index in [1.54, 1.807) is 24.3 Å². The Hall–Kier alpha value is -2.13. The molecule has 0 unspecified atom stereocenters. The van der Waals surface area contributed by atoms with Crippen molar-refractivity contribution in [2.24, 2.45) is 0 Å². The average molecular weight is 316 g/mol. The van der Waals surface area contributed by atoms with E-state index < -0.39 is 0 Å². The van der Waals surface area contributed by atoms with E-state index in [1.807, 2.05) is 32.0 Å². The molecule has 0 fully saturated rings. The van der Waals surface area contributed by atoms with Gasteiger partial charge in [0.15, 0.2) is 5.78 Å². The maximum Gasteiger partial charge on any atom is 0.224 e. The molecule has 0 aromatic heterocycles. The van der Waals surface area contributed by atoms with Gasteiger partial charge in [0.2, 0.25) is 5.91 Å². The number of rotatable bonds is 5. The Bertz CT molecular complexity index is 693. The second-order valence-corrected chi connectivity index (χ2v) is 5.73. The minimum Gasteiger partial charge on any atom is -0.326 e. The molecule has 4 heteroatoms. The van der Waals surface area contributed by atoms with Crippen LogP contribution in [0.3, 0.4) is 0 Å². The van der Waals surface area contributed by atoms with Crippen LogP contribution in [0, 0.1) is 13.8 Å². The van der Waals surface area contributed by atoms with Crippen LogP contribution < -0.4 is 5.32 Å². The lowest BCUT2D eigenvalue weighted by molar-refractivity contribution is -0.116. The zero-order valence-corrected chi connectivity index (χ0v) is 13.4. The van der Waals surface area contributed by atoms with E-state index in [1.165, 1.54) is 0 Å². The summed E-state index contributed by atoms with van der Waals surface area (Å²) in [5, 5.41) is 3.37. The first-order chi connectivity index (χ1) is 10.5. The van der Waals surface area contributed by atoms with Crippen molar-refractivity contribution in [2.75, 3.05) is 5.32 Å². The SMILES string of the molecule is Cc1ccc(C)c(C(=O)CCC(=O)Nc2ccc(Cl)cc2)c1. The van der Waals surface area contributed by atoms with Gasteiger partial charge in [-0.2, -0.15) is 0 Å². The standard InChI is InChI=1S/C18H18ClNO2/c1-12-3-4-13(2)16(11-12)17(21)9-10-18(22)20-15-7-5-14(19)6-8-15/h3-8,11H,9-10H2,1-2H3,(H,20,22). The first-order valence-electron chi connectivity index (χ1n) is 7.11. The summed E-state index contributed by atoms with van der Waals surface area (Å²) in [5.74, 6) is -0.187. The molecule has 0 radical (unpaired) electrons. The van der Waals surface area contributed by atoms with Crippen LogP contribution in [0.15, 0.2) is 42.5 Å². The predicted molar refractivity (Wildman–Crippen MR) is 89.6 cm³/mol. The number of carbonyl (C=O) groups is 2. The van der Waals surface area contributed by atoms with Crippen molar-refractivity contribution < 1.29 is 9.59 Å². The number of hydrogen-bond acceptors (Lipinski definition) is 2. The van der Waals surface area contributed by atoms with Gasteiger partial charge in [-0.1, -0.05) is 29.3 Å². The molecule has 0 aliphatic rings. The minimum absolute atomic E-state index is 0.00699. The Morgan fingerprint density at radius 1 is 1.00 bits per heavy atom. The molecule has 2 rings (SSSR count). The lowest BCUT2D eigenvalue weighted by Gasteiger charge is -2.07. The third-order valence-electron chi connectivity index (χ3n) is 3.40. The molecule has 0 aliphatic heterocycles. The van der Waals surface area contributed by atoms with E-state index in [0.717, 1.165) is 11.1 Å². The molecule has 1 N–H and O–H groups in total. The number of Topliss-reactive ketones (excluding diaryl/α,β-unsaturated/α-hetero) is 1. The molecule has 114 valence electrons. The maximum atomic E-state index is 12.2. The normalized spacial score (nSPS) is 10.3. The molecule has 0 aliphatic carbocycles. The number of amides is 1. The third-order valence-corrected chi connectivity index (χ3v) is 3.65. The fraction of sp³-hybridized carbons (Fsp3) is 0.222. The number of anilines is 1. The van der Waals surface area contributed by atoms with Crippen LogP contribution in [-0.4, -0.2) is 11.7 Å². The van der Waals surface area contributed by atoms with E-state index >= 15 is 0 Å². The summed E-state index contributed by atoms with van der Waals surface area (Å²) in [5.41, 5.74) is 3.35. The molecule has 0 bridgehead atoms. The van der Waals surface area contributed by atoms with Crippen molar-refractivity contribution in [1.82, 2.24) is 0 Å². The summed E-state index contributed by atoms with van der Waals surface area (Å²) in [7, 11) is 0. The number of halogens is 1. The second kappa shape index (κ2) is 7.23. The maximum absolute atomic E-state index is 12.2. The Morgan fingerprint density at radius 3 is 2.36 bits per heavy atom. The highest BCUT2D eigenvalue weighted by Gasteiger charge is 2.12. The summed E-state index contributed by atoms with van der Waals surface area (Å²) in [6.07, 6.45) is 0.360. The zero-order valence-electron chi connectivity index (χ0n) is 12.7. The van der Waals surface area contributed by atoms with Crippen LogP contribution in [0.5, 0.6) is 0 Å². The summed E-state index contributed by atoms with van der Waals surface area (Å²) < 4.78 is 0. The Balaban J connectivity index is 1.91. The van der Waals surface area contributed by atoms with Crippen molar-refractivity contribution in [3.63, 3.8) is 0 Å². The number of benzene rings is 2. The van der Waals surface area contributed by atoms with Crippen molar-refractivity contribution in [3.8, 4) is 0 Å². The third kappa shape index (κ3) is 4.43. The molecule has 3 nitrogen and oxygen atoms in total. The summed E-state index contributed by atoms with van der Waals surface area (Å²) in [6, 6.07) is 12.6. The van der Waals surface area contributed by atoms with Gasteiger partial charge in [0.1, 0.15) is 0 Å². The van der Waals surface area contributed by atoms with Crippen LogP contribution in [-0.2, 0) is 4.79 Å². The monoisotopic (exact) mass is 315 g/mol. The molecule has 2 aromatic rings. The van der Waals surface area contributed by atoms with Crippen LogP contribution in [0.4, 0.5) is 5.69 Å². The molecule has 2 aromatic carbocycles. The first-order valence-corrected chi connectivity index (χ1v) is 7.49. The molecule has 0 saturated heterocycles. The number of hydrogen-bond donors (Lipinski definition) is 1. The van der Waals surface area contributed by atoms with E-state index in [2.05, 4.69) is 5.32 Å². The minimum atomic E-state index is -0.180. The Morgan fingerprint density at radius 2 is 1.68 bits per heavy atom. The summed E-state index contributed by atoms with van der Waals surface area (Å²) in [4.78, 5) is 24.1. The molecule has 0 atom stereocenters. The average Bonchev–Trinajstić information content (AvgIpc) is 2.49. The van der Waals surface area contributed by atoms with Crippen molar-refractivity contribution in [1.29, 1.82) is 0 Å².